The second-order valence-corrected chi connectivity index (χ2v) is 4.75. The molecule has 0 saturated carbocycles. The molecule has 2 aromatic rings. The number of nitriles is 1. The van der Waals surface area contributed by atoms with Crippen LogP contribution in [-0.4, -0.2) is 13.0 Å². The van der Waals surface area contributed by atoms with Gasteiger partial charge in [0.25, 0.3) is 0 Å². The Bertz CT molecular complexity index is 762. The number of benzene rings is 2. The van der Waals surface area contributed by atoms with E-state index in [-0.39, 0.29) is 11.7 Å². The van der Waals surface area contributed by atoms with Crippen LogP contribution in [0.25, 0.3) is 6.08 Å². The number of anilines is 1. The van der Waals surface area contributed by atoms with E-state index in [0.717, 1.165) is 5.56 Å². The summed E-state index contributed by atoms with van der Waals surface area (Å²) >= 11 is 0. The van der Waals surface area contributed by atoms with Gasteiger partial charge in [-0.25, -0.2) is 4.39 Å². The van der Waals surface area contributed by atoms with E-state index < -0.39 is 5.82 Å². The number of halogens is 1. The molecule has 5 heteroatoms. The molecule has 4 nitrogen and oxygen atoms in total. The summed E-state index contributed by atoms with van der Waals surface area (Å²) in [5.41, 5.74) is 2.07. The molecule has 0 aliphatic rings. The van der Waals surface area contributed by atoms with Crippen LogP contribution in [0, 0.1) is 17.1 Å². The minimum Gasteiger partial charge on any atom is -0.494 e. The third kappa shape index (κ3) is 4.68. The highest BCUT2D eigenvalue weighted by Gasteiger charge is 2.02. The summed E-state index contributed by atoms with van der Waals surface area (Å²) in [4.78, 5) is 11.8. The van der Waals surface area contributed by atoms with E-state index in [0.29, 0.717) is 17.7 Å². The van der Waals surface area contributed by atoms with Gasteiger partial charge in [-0.05, 0) is 41.5 Å². The standard InChI is InChI=1S/C18H15FN2O2/c1-23-17-8-4-14(12-16(17)19)5-9-18(22)21-15-6-2-13(3-7-15)10-11-20/h2-9,12H,10H2,1H3,(H,21,22)/b9-5+. The number of carbonyl (C=O) groups excluding carboxylic acids is 1. The molecule has 0 aliphatic heterocycles. The zero-order valence-corrected chi connectivity index (χ0v) is 12.5. The van der Waals surface area contributed by atoms with E-state index in [2.05, 4.69) is 11.4 Å². The highest BCUT2D eigenvalue weighted by molar-refractivity contribution is 6.01. The van der Waals surface area contributed by atoms with Crippen LogP contribution in [0.1, 0.15) is 11.1 Å². The lowest BCUT2D eigenvalue weighted by Gasteiger charge is -2.03. The van der Waals surface area contributed by atoms with Gasteiger partial charge in [-0.2, -0.15) is 5.26 Å². The molecule has 0 unspecified atom stereocenters. The second-order valence-electron chi connectivity index (χ2n) is 4.75. The Hall–Kier alpha value is -3.13. The maximum absolute atomic E-state index is 13.5. The number of hydrogen-bond donors (Lipinski definition) is 1. The zero-order valence-electron chi connectivity index (χ0n) is 12.5. The van der Waals surface area contributed by atoms with Gasteiger partial charge in [0.2, 0.25) is 5.91 Å². The first-order valence-electron chi connectivity index (χ1n) is 6.91. The molecule has 0 fully saturated rings. The van der Waals surface area contributed by atoms with Crippen LogP contribution in [0.5, 0.6) is 5.75 Å². The Balaban J connectivity index is 1.98. The normalized spacial score (nSPS) is 10.3. The summed E-state index contributed by atoms with van der Waals surface area (Å²) in [6, 6.07) is 13.5. The number of nitrogens with one attached hydrogen (secondary N) is 1. The summed E-state index contributed by atoms with van der Waals surface area (Å²) in [6.45, 7) is 0. The Morgan fingerprint density at radius 3 is 2.65 bits per heavy atom. The van der Waals surface area contributed by atoms with Gasteiger partial charge < -0.3 is 10.1 Å². The topological polar surface area (TPSA) is 62.1 Å². The Morgan fingerprint density at radius 2 is 2.04 bits per heavy atom. The maximum atomic E-state index is 13.5. The minimum atomic E-state index is -0.483. The Labute approximate surface area is 133 Å². The Kier molecular flexibility index (Phi) is 5.48. The second kappa shape index (κ2) is 7.76. The van der Waals surface area contributed by atoms with E-state index in [1.54, 1.807) is 30.3 Å². The van der Waals surface area contributed by atoms with Gasteiger partial charge in [-0.1, -0.05) is 18.2 Å². The molecule has 0 heterocycles. The molecule has 0 saturated heterocycles. The van der Waals surface area contributed by atoms with Crippen LogP contribution < -0.4 is 10.1 Å². The van der Waals surface area contributed by atoms with Crippen molar-refractivity contribution >= 4 is 17.7 Å². The summed E-state index contributed by atoms with van der Waals surface area (Å²) in [7, 11) is 1.39. The molecule has 1 N–H and O–H groups in total. The third-order valence-corrected chi connectivity index (χ3v) is 3.11. The molecular formula is C18H15FN2O2. The van der Waals surface area contributed by atoms with Crippen LogP contribution in [0.4, 0.5) is 10.1 Å². The predicted molar refractivity (Wildman–Crippen MR) is 86.4 cm³/mol. The van der Waals surface area contributed by atoms with Crippen molar-refractivity contribution in [2.24, 2.45) is 0 Å². The van der Waals surface area contributed by atoms with Gasteiger partial charge in [0, 0.05) is 11.8 Å². The first-order valence-corrected chi connectivity index (χ1v) is 6.91. The van der Waals surface area contributed by atoms with Crippen LogP contribution in [0.2, 0.25) is 0 Å². The van der Waals surface area contributed by atoms with Gasteiger partial charge in [0.15, 0.2) is 11.6 Å². The zero-order chi connectivity index (χ0) is 16.7. The van der Waals surface area contributed by atoms with E-state index in [9.17, 15) is 9.18 Å². The van der Waals surface area contributed by atoms with Crippen LogP contribution >= 0.6 is 0 Å². The molecule has 116 valence electrons. The first-order chi connectivity index (χ1) is 11.1. The monoisotopic (exact) mass is 310 g/mol. The molecule has 0 radical (unpaired) electrons. The van der Waals surface area contributed by atoms with Crippen LogP contribution in [-0.2, 0) is 11.2 Å². The molecule has 0 bridgehead atoms. The van der Waals surface area contributed by atoms with Gasteiger partial charge in [-0.15, -0.1) is 0 Å². The van der Waals surface area contributed by atoms with E-state index in [1.165, 1.54) is 31.4 Å². The summed E-state index contributed by atoms with van der Waals surface area (Å²) in [5, 5.41) is 11.3. The quantitative estimate of drug-likeness (QED) is 0.859. The maximum Gasteiger partial charge on any atom is 0.248 e. The van der Waals surface area contributed by atoms with Crippen molar-refractivity contribution in [1.29, 1.82) is 5.26 Å². The van der Waals surface area contributed by atoms with E-state index in [4.69, 9.17) is 10.00 Å². The van der Waals surface area contributed by atoms with Crippen molar-refractivity contribution in [3.05, 3.63) is 65.5 Å². The number of carbonyl (C=O) groups is 1. The number of nitrogens with zero attached hydrogens (tertiary/aromatic N) is 1. The Morgan fingerprint density at radius 1 is 1.30 bits per heavy atom. The molecule has 2 aromatic carbocycles. The highest BCUT2D eigenvalue weighted by atomic mass is 19.1. The van der Waals surface area contributed by atoms with Gasteiger partial charge in [-0.3, -0.25) is 4.79 Å². The van der Waals surface area contributed by atoms with Crippen LogP contribution in [0.3, 0.4) is 0 Å². The largest absolute Gasteiger partial charge is 0.494 e. The van der Waals surface area contributed by atoms with Crippen molar-refractivity contribution in [2.75, 3.05) is 12.4 Å². The van der Waals surface area contributed by atoms with Gasteiger partial charge in [0.05, 0.1) is 19.6 Å². The van der Waals surface area contributed by atoms with Crippen molar-refractivity contribution in [3.63, 3.8) is 0 Å². The summed E-state index contributed by atoms with van der Waals surface area (Å²) in [6.07, 6.45) is 3.17. The molecule has 0 spiro atoms. The fourth-order valence-electron chi connectivity index (χ4n) is 1.94. The van der Waals surface area contributed by atoms with Crippen LogP contribution in [0.15, 0.2) is 48.5 Å². The lowest BCUT2D eigenvalue weighted by atomic mass is 10.1. The lowest BCUT2D eigenvalue weighted by Crippen LogP contribution is -2.07. The molecule has 2 rings (SSSR count). The average molecular weight is 310 g/mol. The first kappa shape index (κ1) is 16.2. The van der Waals surface area contributed by atoms with Crippen molar-refractivity contribution in [2.45, 2.75) is 6.42 Å². The minimum absolute atomic E-state index is 0.157. The lowest BCUT2D eigenvalue weighted by molar-refractivity contribution is -0.111. The van der Waals surface area contributed by atoms with Gasteiger partial charge >= 0.3 is 0 Å². The summed E-state index contributed by atoms with van der Waals surface area (Å²) < 4.78 is 18.4. The molecule has 0 atom stereocenters. The smallest absolute Gasteiger partial charge is 0.248 e. The third-order valence-electron chi connectivity index (χ3n) is 3.11. The number of hydrogen-bond acceptors (Lipinski definition) is 3. The van der Waals surface area contributed by atoms with Gasteiger partial charge in [0.1, 0.15) is 0 Å². The predicted octanol–water partition coefficient (Wildman–Crippen LogP) is 3.55. The number of methoxy groups -OCH3 is 1. The SMILES string of the molecule is COc1ccc(/C=C/C(=O)Nc2ccc(CC#N)cc2)cc1F. The van der Waals surface area contributed by atoms with Crippen molar-refractivity contribution in [1.82, 2.24) is 0 Å². The highest BCUT2D eigenvalue weighted by Crippen LogP contribution is 2.18. The number of amides is 1. The number of ether oxygens (including phenoxy) is 1. The fourth-order valence-corrected chi connectivity index (χ4v) is 1.94. The van der Waals surface area contributed by atoms with E-state index >= 15 is 0 Å². The fraction of sp³-hybridized carbons (Fsp3) is 0.111. The number of rotatable bonds is 5. The molecule has 23 heavy (non-hydrogen) atoms. The molecular weight excluding hydrogens is 295 g/mol. The average Bonchev–Trinajstić information content (AvgIpc) is 2.55. The molecule has 1 amide bonds. The summed E-state index contributed by atoms with van der Waals surface area (Å²) in [5.74, 6) is -0.651. The van der Waals surface area contributed by atoms with Crippen molar-refractivity contribution in [3.8, 4) is 11.8 Å². The molecule has 0 aromatic heterocycles. The van der Waals surface area contributed by atoms with Crippen molar-refractivity contribution < 1.29 is 13.9 Å². The van der Waals surface area contributed by atoms with E-state index in [1.807, 2.05) is 0 Å². The molecule has 0 aliphatic carbocycles.